The molecule has 0 saturated carbocycles. The van der Waals surface area contributed by atoms with Gasteiger partial charge in [0.25, 0.3) is 10.0 Å². The van der Waals surface area contributed by atoms with Crippen molar-refractivity contribution in [2.24, 2.45) is 0 Å². The second kappa shape index (κ2) is 14.6. The molecule has 11 heteroatoms. The van der Waals surface area contributed by atoms with Gasteiger partial charge in [0.1, 0.15) is 18.3 Å². The minimum absolute atomic E-state index is 0.00219. The molecule has 0 aromatic heterocycles. The molecule has 0 aliphatic heterocycles. The third-order valence-electron chi connectivity index (χ3n) is 6.60. The van der Waals surface area contributed by atoms with Gasteiger partial charge >= 0.3 is 0 Å². The molecule has 0 fully saturated rings. The maximum atomic E-state index is 14.1. The van der Waals surface area contributed by atoms with E-state index < -0.39 is 28.5 Å². The Kier molecular flexibility index (Phi) is 11.5. The number of carbonyl (C=O) groups is 2. The lowest BCUT2D eigenvalue weighted by Crippen LogP contribution is -2.52. The minimum atomic E-state index is -4.23. The second-order valence-electron chi connectivity index (χ2n) is 9.44. The molecule has 3 aromatic carbocycles. The number of ether oxygens (including phenoxy) is 1. The largest absolute Gasteiger partial charge is 0.492 e. The number of sulfonamides is 1. The summed E-state index contributed by atoms with van der Waals surface area (Å²) < 4.78 is 34.7. The zero-order valence-corrected chi connectivity index (χ0v) is 25.8. The normalized spacial score (nSPS) is 12.7. The van der Waals surface area contributed by atoms with Gasteiger partial charge in [-0.25, -0.2) is 8.42 Å². The second-order valence-corrected chi connectivity index (χ2v) is 12.1. The summed E-state index contributed by atoms with van der Waals surface area (Å²) >= 11 is 12.9. The van der Waals surface area contributed by atoms with Crippen molar-refractivity contribution in [3.8, 4) is 5.75 Å². The Labute approximate surface area is 252 Å². The van der Waals surface area contributed by atoms with Crippen molar-refractivity contribution in [3.05, 3.63) is 88.4 Å². The van der Waals surface area contributed by atoms with Gasteiger partial charge in [0.2, 0.25) is 11.8 Å². The van der Waals surface area contributed by atoms with E-state index in [1.807, 2.05) is 13.8 Å². The predicted octanol–water partition coefficient (Wildman–Crippen LogP) is 5.92. The van der Waals surface area contributed by atoms with E-state index in [-0.39, 0.29) is 35.7 Å². The number of para-hydroxylation sites is 2. The van der Waals surface area contributed by atoms with Crippen LogP contribution in [-0.2, 0) is 26.2 Å². The average molecular weight is 621 g/mol. The van der Waals surface area contributed by atoms with Crippen LogP contribution in [0.5, 0.6) is 5.75 Å². The first-order chi connectivity index (χ1) is 19.5. The topological polar surface area (TPSA) is 96.0 Å². The Morgan fingerprint density at radius 2 is 1.51 bits per heavy atom. The zero-order chi connectivity index (χ0) is 30.2. The van der Waals surface area contributed by atoms with Crippen molar-refractivity contribution in [1.29, 1.82) is 0 Å². The Morgan fingerprint density at radius 3 is 2.12 bits per heavy atom. The van der Waals surface area contributed by atoms with E-state index in [2.05, 4.69) is 5.32 Å². The lowest BCUT2D eigenvalue weighted by molar-refractivity contribution is -0.139. The molecule has 0 bridgehead atoms. The molecule has 220 valence electrons. The average Bonchev–Trinajstić information content (AvgIpc) is 2.96. The van der Waals surface area contributed by atoms with Gasteiger partial charge in [0, 0.05) is 28.2 Å². The molecular formula is C30H35Cl2N3O5S. The van der Waals surface area contributed by atoms with Crippen molar-refractivity contribution in [1.82, 2.24) is 10.2 Å². The number of halogens is 2. The van der Waals surface area contributed by atoms with Crippen LogP contribution in [0.15, 0.2) is 77.7 Å². The quantitative estimate of drug-likeness (QED) is 0.256. The van der Waals surface area contributed by atoms with Crippen LogP contribution >= 0.6 is 23.2 Å². The standard InChI is InChI=1S/C30H35Cl2N3O5S/c1-5-21(3)33-30(37)22(4)34(19-24-25(31)15-12-16-26(24)32)29(36)20-35(27-17-10-11-18-28(27)40-6-2)41(38,39)23-13-8-7-9-14-23/h7-18,21-22H,5-6,19-20H2,1-4H3,(H,33,37). The number of amides is 2. The molecule has 3 rings (SSSR count). The van der Waals surface area contributed by atoms with Crippen LogP contribution in [-0.4, -0.2) is 50.4 Å². The summed E-state index contributed by atoms with van der Waals surface area (Å²) in [5.74, 6) is -0.716. The van der Waals surface area contributed by atoms with Crippen LogP contribution in [0.2, 0.25) is 10.0 Å². The summed E-state index contributed by atoms with van der Waals surface area (Å²) in [6, 6.07) is 18.3. The van der Waals surface area contributed by atoms with Crippen molar-refractivity contribution >= 4 is 50.7 Å². The molecule has 0 aliphatic rings. The van der Waals surface area contributed by atoms with Crippen molar-refractivity contribution < 1.29 is 22.7 Å². The number of benzene rings is 3. The number of nitrogens with one attached hydrogen (secondary N) is 1. The maximum absolute atomic E-state index is 14.1. The van der Waals surface area contributed by atoms with E-state index >= 15 is 0 Å². The highest BCUT2D eigenvalue weighted by Gasteiger charge is 2.34. The third-order valence-corrected chi connectivity index (χ3v) is 9.08. The number of nitrogens with zero attached hydrogens (tertiary/aromatic N) is 2. The number of hydrogen-bond acceptors (Lipinski definition) is 5. The highest BCUT2D eigenvalue weighted by molar-refractivity contribution is 7.92. The first kappa shape index (κ1) is 32.2. The molecule has 41 heavy (non-hydrogen) atoms. The lowest BCUT2D eigenvalue weighted by atomic mass is 10.1. The fraction of sp³-hybridized carbons (Fsp3) is 0.333. The monoisotopic (exact) mass is 619 g/mol. The van der Waals surface area contributed by atoms with Gasteiger partial charge in [-0.1, -0.05) is 66.5 Å². The summed E-state index contributed by atoms with van der Waals surface area (Å²) in [4.78, 5) is 28.6. The summed E-state index contributed by atoms with van der Waals surface area (Å²) in [7, 11) is -4.23. The number of hydrogen-bond donors (Lipinski definition) is 1. The smallest absolute Gasteiger partial charge is 0.264 e. The molecule has 0 radical (unpaired) electrons. The molecule has 8 nitrogen and oxygen atoms in total. The highest BCUT2D eigenvalue weighted by Crippen LogP contribution is 2.33. The van der Waals surface area contributed by atoms with Crippen molar-refractivity contribution in [3.63, 3.8) is 0 Å². The van der Waals surface area contributed by atoms with E-state index in [1.54, 1.807) is 74.5 Å². The summed E-state index contributed by atoms with van der Waals surface area (Å²) in [6.45, 7) is 6.73. The van der Waals surface area contributed by atoms with Gasteiger partial charge in [-0.3, -0.25) is 13.9 Å². The Bertz CT molecular complexity index is 1430. The van der Waals surface area contributed by atoms with Gasteiger partial charge < -0.3 is 15.0 Å². The van der Waals surface area contributed by atoms with Crippen LogP contribution in [0.4, 0.5) is 5.69 Å². The van der Waals surface area contributed by atoms with E-state index in [9.17, 15) is 18.0 Å². The van der Waals surface area contributed by atoms with Crippen LogP contribution in [0.25, 0.3) is 0 Å². The number of rotatable bonds is 13. The Morgan fingerprint density at radius 1 is 0.902 bits per heavy atom. The molecule has 0 aliphatic carbocycles. The van der Waals surface area contributed by atoms with Gasteiger partial charge in [0.15, 0.2) is 0 Å². The minimum Gasteiger partial charge on any atom is -0.492 e. The van der Waals surface area contributed by atoms with Crippen molar-refractivity contribution in [2.45, 2.75) is 57.6 Å². The zero-order valence-electron chi connectivity index (χ0n) is 23.5. The van der Waals surface area contributed by atoms with Gasteiger partial charge in [-0.05, 0) is 63.6 Å². The van der Waals surface area contributed by atoms with Gasteiger partial charge in [0.05, 0.1) is 17.2 Å². The SMILES string of the molecule is CCOc1ccccc1N(CC(=O)N(Cc1c(Cl)cccc1Cl)C(C)C(=O)NC(C)CC)S(=O)(=O)c1ccccc1. The molecule has 1 N–H and O–H groups in total. The summed E-state index contributed by atoms with van der Waals surface area (Å²) in [5, 5.41) is 3.54. The molecular weight excluding hydrogens is 585 g/mol. The van der Waals surface area contributed by atoms with E-state index in [1.165, 1.54) is 17.0 Å². The van der Waals surface area contributed by atoms with Crippen LogP contribution in [0.1, 0.15) is 39.7 Å². The van der Waals surface area contributed by atoms with Gasteiger partial charge in [-0.15, -0.1) is 0 Å². The van der Waals surface area contributed by atoms with Crippen LogP contribution in [0, 0.1) is 0 Å². The fourth-order valence-electron chi connectivity index (χ4n) is 4.08. The summed E-state index contributed by atoms with van der Waals surface area (Å²) in [5.41, 5.74) is 0.638. The fourth-order valence-corrected chi connectivity index (χ4v) is 6.04. The Hall–Kier alpha value is -3.27. The first-order valence-corrected chi connectivity index (χ1v) is 15.5. The molecule has 2 atom stereocenters. The lowest BCUT2D eigenvalue weighted by Gasteiger charge is -2.33. The van der Waals surface area contributed by atoms with Gasteiger partial charge in [-0.2, -0.15) is 0 Å². The van der Waals surface area contributed by atoms with Crippen LogP contribution < -0.4 is 14.4 Å². The summed E-state index contributed by atoms with van der Waals surface area (Å²) in [6.07, 6.45) is 0.695. The molecule has 0 spiro atoms. The molecule has 0 saturated heterocycles. The number of anilines is 1. The molecule has 0 heterocycles. The predicted molar refractivity (Wildman–Crippen MR) is 163 cm³/mol. The van der Waals surface area contributed by atoms with Crippen molar-refractivity contribution in [2.75, 3.05) is 17.5 Å². The molecule has 2 unspecified atom stereocenters. The molecule has 2 amide bonds. The van der Waals surface area contributed by atoms with E-state index in [4.69, 9.17) is 27.9 Å². The molecule has 3 aromatic rings. The third kappa shape index (κ3) is 7.93. The Balaban J connectivity index is 2.10. The number of carbonyl (C=O) groups excluding carboxylic acids is 2. The first-order valence-electron chi connectivity index (χ1n) is 13.3. The van der Waals surface area contributed by atoms with E-state index in [0.717, 1.165) is 4.31 Å². The van der Waals surface area contributed by atoms with Crippen LogP contribution in [0.3, 0.4) is 0 Å². The van der Waals surface area contributed by atoms with E-state index in [0.29, 0.717) is 27.8 Å². The highest BCUT2D eigenvalue weighted by atomic mass is 35.5. The maximum Gasteiger partial charge on any atom is 0.264 e.